The van der Waals surface area contributed by atoms with Gasteiger partial charge in [-0.05, 0) is 45.7 Å². The van der Waals surface area contributed by atoms with Gasteiger partial charge in [-0.2, -0.15) is 0 Å². The molecule has 0 saturated heterocycles. The number of amides is 1. The van der Waals surface area contributed by atoms with Crippen molar-refractivity contribution in [2.75, 3.05) is 6.54 Å². The summed E-state index contributed by atoms with van der Waals surface area (Å²) in [6.07, 6.45) is 1.47. The zero-order valence-electron chi connectivity index (χ0n) is 15.5. The number of para-hydroxylation sites is 2. The van der Waals surface area contributed by atoms with Crippen LogP contribution < -0.4 is 11.1 Å². The molecule has 0 aliphatic carbocycles. The lowest BCUT2D eigenvalue weighted by atomic mass is 9.81. The van der Waals surface area contributed by atoms with Gasteiger partial charge in [-0.1, -0.05) is 26.0 Å². The van der Waals surface area contributed by atoms with Crippen LogP contribution in [0.3, 0.4) is 0 Å². The molecule has 24 heavy (non-hydrogen) atoms. The SMILES string of the molecule is CCC(CC)(CN)C(=O)NC(C)c1nc2ccccc2n1C(C)C. The van der Waals surface area contributed by atoms with Gasteiger partial charge in [0, 0.05) is 12.6 Å². The van der Waals surface area contributed by atoms with Crippen LogP contribution in [0.2, 0.25) is 0 Å². The van der Waals surface area contributed by atoms with Gasteiger partial charge >= 0.3 is 0 Å². The van der Waals surface area contributed by atoms with E-state index in [-0.39, 0.29) is 18.0 Å². The number of nitrogens with two attached hydrogens (primary N) is 1. The lowest BCUT2D eigenvalue weighted by Gasteiger charge is -2.30. The summed E-state index contributed by atoms with van der Waals surface area (Å²) in [6.45, 7) is 10.7. The molecular formula is C19H30N4O. The summed E-state index contributed by atoms with van der Waals surface area (Å²) in [4.78, 5) is 17.6. The smallest absolute Gasteiger partial charge is 0.228 e. The highest BCUT2D eigenvalue weighted by Gasteiger charge is 2.34. The molecule has 1 atom stereocenters. The van der Waals surface area contributed by atoms with Crippen LogP contribution in [-0.2, 0) is 4.79 Å². The second-order valence-corrected chi connectivity index (χ2v) is 6.81. The molecule has 0 aliphatic heterocycles. The van der Waals surface area contributed by atoms with E-state index < -0.39 is 5.41 Å². The van der Waals surface area contributed by atoms with Crippen molar-refractivity contribution in [3.8, 4) is 0 Å². The predicted octanol–water partition coefficient (Wildman–Crippen LogP) is 3.56. The lowest BCUT2D eigenvalue weighted by molar-refractivity contribution is -0.131. The van der Waals surface area contributed by atoms with E-state index in [0.717, 1.165) is 29.7 Å². The third-order valence-corrected chi connectivity index (χ3v) is 5.10. The Hall–Kier alpha value is -1.88. The van der Waals surface area contributed by atoms with Crippen molar-refractivity contribution in [3.05, 3.63) is 30.1 Å². The van der Waals surface area contributed by atoms with E-state index >= 15 is 0 Å². The minimum atomic E-state index is -0.497. The van der Waals surface area contributed by atoms with Crippen molar-refractivity contribution in [1.29, 1.82) is 0 Å². The van der Waals surface area contributed by atoms with Gasteiger partial charge in [0.15, 0.2) is 0 Å². The Balaban J connectivity index is 2.36. The van der Waals surface area contributed by atoms with Gasteiger partial charge in [0.1, 0.15) is 5.82 Å². The molecule has 1 amide bonds. The van der Waals surface area contributed by atoms with Crippen LogP contribution in [0.25, 0.3) is 11.0 Å². The predicted molar refractivity (Wildman–Crippen MR) is 98.7 cm³/mol. The molecule has 0 aliphatic rings. The molecule has 0 saturated carbocycles. The number of imidazole rings is 1. The van der Waals surface area contributed by atoms with Gasteiger partial charge in [0.05, 0.1) is 22.5 Å². The zero-order chi connectivity index (χ0) is 17.9. The second-order valence-electron chi connectivity index (χ2n) is 6.81. The van der Waals surface area contributed by atoms with Crippen molar-refractivity contribution in [1.82, 2.24) is 14.9 Å². The Kier molecular flexibility index (Phi) is 5.65. The van der Waals surface area contributed by atoms with Crippen LogP contribution in [0.5, 0.6) is 0 Å². The van der Waals surface area contributed by atoms with E-state index in [0.29, 0.717) is 6.54 Å². The largest absolute Gasteiger partial charge is 0.346 e. The Morgan fingerprint density at radius 3 is 2.42 bits per heavy atom. The van der Waals surface area contributed by atoms with Crippen molar-refractivity contribution in [3.63, 3.8) is 0 Å². The van der Waals surface area contributed by atoms with Crippen LogP contribution in [0.4, 0.5) is 0 Å². The minimum Gasteiger partial charge on any atom is -0.346 e. The third kappa shape index (κ3) is 3.18. The van der Waals surface area contributed by atoms with Crippen LogP contribution >= 0.6 is 0 Å². The average molecular weight is 330 g/mol. The molecule has 0 radical (unpaired) electrons. The minimum absolute atomic E-state index is 0.0184. The number of benzene rings is 1. The molecule has 3 N–H and O–H groups in total. The number of aromatic nitrogens is 2. The second kappa shape index (κ2) is 7.34. The van der Waals surface area contributed by atoms with Gasteiger partial charge in [-0.25, -0.2) is 4.98 Å². The maximum absolute atomic E-state index is 12.8. The maximum Gasteiger partial charge on any atom is 0.228 e. The average Bonchev–Trinajstić information content (AvgIpc) is 2.96. The summed E-state index contributed by atoms with van der Waals surface area (Å²) in [5, 5.41) is 3.14. The molecule has 0 spiro atoms. The topological polar surface area (TPSA) is 72.9 Å². The summed E-state index contributed by atoms with van der Waals surface area (Å²) < 4.78 is 2.20. The first-order valence-electron chi connectivity index (χ1n) is 8.88. The van der Waals surface area contributed by atoms with Crippen LogP contribution in [0.15, 0.2) is 24.3 Å². The molecule has 132 valence electrons. The van der Waals surface area contributed by atoms with E-state index in [4.69, 9.17) is 10.7 Å². The molecule has 0 bridgehead atoms. The molecule has 2 aromatic rings. The monoisotopic (exact) mass is 330 g/mol. The van der Waals surface area contributed by atoms with E-state index in [1.807, 2.05) is 39.0 Å². The van der Waals surface area contributed by atoms with E-state index in [9.17, 15) is 4.79 Å². The number of carbonyl (C=O) groups is 1. The normalized spacial score (nSPS) is 13.5. The molecular weight excluding hydrogens is 300 g/mol. The summed E-state index contributed by atoms with van der Waals surface area (Å²) in [5.74, 6) is 0.905. The highest BCUT2D eigenvalue weighted by Crippen LogP contribution is 2.28. The number of carbonyl (C=O) groups excluding carboxylic acids is 1. The van der Waals surface area contributed by atoms with Crippen molar-refractivity contribution in [2.45, 2.75) is 59.5 Å². The van der Waals surface area contributed by atoms with Gasteiger partial charge < -0.3 is 15.6 Å². The van der Waals surface area contributed by atoms with Crippen LogP contribution in [-0.4, -0.2) is 22.0 Å². The number of rotatable bonds is 7. The number of hydrogen-bond donors (Lipinski definition) is 2. The molecule has 1 aromatic carbocycles. The van der Waals surface area contributed by atoms with Crippen molar-refractivity contribution < 1.29 is 4.79 Å². The fraction of sp³-hybridized carbons (Fsp3) is 0.579. The summed E-state index contributed by atoms with van der Waals surface area (Å²) >= 11 is 0. The van der Waals surface area contributed by atoms with Crippen LogP contribution in [0.1, 0.15) is 65.4 Å². The number of nitrogens with zero attached hydrogens (tertiary/aromatic N) is 2. The van der Waals surface area contributed by atoms with Gasteiger partial charge in [0.25, 0.3) is 0 Å². The number of fused-ring (bicyclic) bond motifs is 1. The zero-order valence-corrected chi connectivity index (χ0v) is 15.5. The standard InChI is InChI=1S/C19H30N4O/c1-6-19(7-2,12-20)18(24)21-14(5)17-22-15-10-8-9-11-16(15)23(17)13(3)4/h8-11,13-14H,6-7,12,20H2,1-5H3,(H,21,24). The summed E-state index contributed by atoms with van der Waals surface area (Å²) in [5.41, 5.74) is 7.46. The Bertz CT molecular complexity index is 692. The molecule has 1 unspecified atom stereocenters. The summed E-state index contributed by atoms with van der Waals surface area (Å²) in [7, 11) is 0. The quantitative estimate of drug-likeness (QED) is 0.815. The highest BCUT2D eigenvalue weighted by atomic mass is 16.2. The van der Waals surface area contributed by atoms with Crippen molar-refractivity contribution in [2.24, 2.45) is 11.1 Å². The first kappa shape index (κ1) is 18.5. The summed E-state index contributed by atoms with van der Waals surface area (Å²) in [6, 6.07) is 8.18. The van der Waals surface area contributed by atoms with E-state index in [1.165, 1.54) is 0 Å². The molecule has 5 nitrogen and oxygen atoms in total. The van der Waals surface area contributed by atoms with Gasteiger partial charge in [-0.15, -0.1) is 0 Å². The maximum atomic E-state index is 12.8. The van der Waals surface area contributed by atoms with Gasteiger partial charge in [-0.3, -0.25) is 4.79 Å². The number of nitrogens with one attached hydrogen (secondary N) is 1. The molecule has 0 fully saturated rings. The Labute approximate surface area is 144 Å². The Morgan fingerprint density at radius 1 is 1.25 bits per heavy atom. The first-order chi connectivity index (χ1) is 11.4. The Morgan fingerprint density at radius 2 is 1.88 bits per heavy atom. The van der Waals surface area contributed by atoms with Crippen molar-refractivity contribution >= 4 is 16.9 Å². The molecule has 1 heterocycles. The third-order valence-electron chi connectivity index (χ3n) is 5.10. The molecule has 5 heteroatoms. The fourth-order valence-corrected chi connectivity index (χ4v) is 3.28. The van der Waals surface area contributed by atoms with Gasteiger partial charge in [0.2, 0.25) is 5.91 Å². The lowest BCUT2D eigenvalue weighted by Crippen LogP contribution is -2.46. The van der Waals surface area contributed by atoms with E-state index in [1.54, 1.807) is 0 Å². The highest BCUT2D eigenvalue weighted by molar-refractivity contribution is 5.83. The van der Waals surface area contributed by atoms with Crippen LogP contribution in [0, 0.1) is 5.41 Å². The molecule has 1 aromatic heterocycles. The number of hydrogen-bond acceptors (Lipinski definition) is 3. The first-order valence-corrected chi connectivity index (χ1v) is 8.88. The fourth-order valence-electron chi connectivity index (χ4n) is 3.28. The van der Waals surface area contributed by atoms with E-state index in [2.05, 4.69) is 29.8 Å². The molecule has 2 rings (SSSR count).